The second-order valence-electron chi connectivity index (χ2n) is 4.10. The van der Waals surface area contributed by atoms with Gasteiger partial charge in [-0.2, -0.15) is 0 Å². The molecule has 1 aliphatic carbocycles. The molecule has 2 heterocycles. The molecule has 0 spiro atoms. The number of hydrogen-bond acceptors (Lipinski definition) is 4. The third-order valence-corrected chi connectivity index (χ3v) is 3.22. The summed E-state index contributed by atoms with van der Waals surface area (Å²) < 4.78 is 10.1. The number of carbonyl (C=O) groups is 1. The van der Waals surface area contributed by atoms with Crippen LogP contribution in [0.3, 0.4) is 0 Å². The van der Waals surface area contributed by atoms with Crippen LogP contribution in [0, 0.1) is 5.41 Å². The summed E-state index contributed by atoms with van der Waals surface area (Å²) in [6.45, 7) is 0.699. The normalized spacial score (nSPS) is 42.3. The van der Waals surface area contributed by atoms with E-state index in [2.05, 4.69) is 4.74 Å². The molecule has 2 aliphatic heterocycles. The molecule has 2 bridgehead atoms. The minimum absolute atomic E-state index is 0.0631. The molecule has 3 aliphatic rings. The van der Waals surface area contributed by atoms with Gasteiger partial charge in [-0.15, -0.1) is 0 Å². The number of esters is 1. The molecule has 2 saturated heterocycles. The fourth-order valence-electron chi connectivity index (χ4n) is 2.48. The number of fused-ring (bicyclic) bond motifs is 2. The van der Waals surface area contributed by atoms with E-state index >= 15 is 0 Å². The molecule has 1 N–H and O–H groups in total. The van der Waals surface area contributed by atoms with Crippen molar-refractivity contribution in [2.75, 3.05) is 20.3 Å². The van der Waals surface area contributed by atoms with E-state index in [4.69, 9.17) is 9.84 Å². The van der Waals surface area contributed by atoms with Crippen molar-refractivity contribution in [1.29, 1.82) is 0 Å². The molecule has 0 aromatic rings. The van der Waals surface area contributed by atoms with Crippen molar-refractivity contribution in [3.8, 4) is 0 Å². The largest absolute Gasteiger partial charge is 0.467 e. The Morgan fingerprint density at radius 2 is 2.31 bits per heavy atom. The topological polar surface area (TPSA) is 55.8 Å². The molecule has 3 fully saturated rings. The second-order valence-corrected chi connectivity index (χ2v) is 4.10. The number of rotatable bonds is 2. The van der Waals surface area contributed by atoms with Crippen molar-refractivity contribution >= 4 is 5.97 Å². The maximum Gasteiger partial charge on any atom is 0.338 e. The third-order valence-electron chi connectivity index (χ3n) is 3.22. The molecule has 13 heavy (non-hydrogen) atoms. The maximum absolute atomic E-state index is 11.4. The molecule has 3 rings (SSSR count). The van der Waals surface area contributed by atoms with Crippen molar-refractivity contribution in [3.63, 3.8) is 0 Å². The SMILES string of the molecule is COC(=O)C12CC(CO)(CCO1)C2. The van der Waals surface area contributed by atoms with E-state index < -0.39 is 5.60 Å². The maximum atomic E-state index is 11.4. The molecule has 4 nitrogen and oxygen atoms in total. The lowest BCUT2D eigenvalue weighted by Crippen LogP contribution is -2.64. The van der Waals surface area contributed by atoms with Gasteiger partial charge in [0.1, 0.15) is 0 Å². The standard InChI is InChI=1S/C9H14O4/c1-12-7(11)9-4-8(5-9,6-10)2-3-13-9/h10H,2-6H2,1H3. The van der Waals surface area contributed by atoms with Crippen molar-refractivity contribution in [1.82, 2.24) is 0 Å². The smallest absolute Gasteiger partial charge is 0.338 e. The third kappa shape index (κ3) is 1.09. The Morgan fingerprint density at radius 3 is 2.85 bits per heavy atom. The van der Waals surface area contributed by atoms with Gasteiger partial charge in [-0.1, -0.05) is 0 Å². The minimum atomic E-state index is -0.726. The first-order valence-corrected chi connectivity index (χ1v) is 4.50. The van der Waals surface area contributed by atoms with Crippen LogP contribution in [0.1, 0.15) is 19.3 Å². The summed E-state index contributed by atoms with van der Waals surface area (Å²) in [5, 5.41) is 9.15. The van der Waals surface area contributed by atoms with Crippen LogP contribution < -0.4 is 0 Å². The predicted molar refractivity (Wildman–Crippen MR) is 44.1 cm³/mol. The summed E-state index contributed by atoms with van der Waals surface area (Å²) in [5.74, 6) is -0.295. The van der Waals surface area contributed by atoms with Crippen LogP contribution in [0.25, 0.3) is 0 Å². The van der Waals surface area contributed by atoms with Crippen LogP contribution in [0.15, 0.2) is 0 Å². The van der Waals surface area contributed by atoms with Crippen molar-refractivity contribution < 1.29 is 19.4 Å². The fraction of sp³-hybridized carbons (Fsp3) is 0.889. The molecule has 0 amide bonds. The summed E-state index contributed by atoms with van der Waals surface area (Å²) in [6.07, 6.45) is 2.08. The van der Waals surface area contributed by atoms with E-state index in [1.54, 1.807) is 0 Å². The number of methoxy groups -OCH3 is 1. The van der Waals surface area contributed by atoms with E-state index in [0.717, 1.165) is 6.42 Å². The van der Waals surface area contributed by atoms with Gasteiger partial charge in [0.2, 0.25) is 0 Å². The summed E-state index contributed by atoms with van der Waals surface area (Å²) >= 11 is 0. The van der Waals surface area contributed by atoms with Crippen LogP contribution in [0.5, 0.6) is 0 Å². The van der Waals surface area contributed by atoms with Crippen molar-refractivity contribution in [2.45, 2.75) is 24.9 Å². The van der Waals surface area contributed by atoms with Crippen LogP contribution in [-0.4, -0.2) is 37.0 Å². The van der Waals surface area contributed by atoms with Gasteiger partial charge in [0.25, 0.3) is 0 Å². The Hall–Kier alpha value is -0.610. The molecule has 4 heteroatoms. The van der Waals surface area contributed by atoms with Gasteiger partial charge in [-0.05, 0) is 19.3 Å². The molecule has 0 aromatic carbocycles. The molecule has 0 radical (unpaired) electrons. The highest BCUT2D eigenvalue weighted by Crippen LogP contribution is 2.56. The van der Waals surface area contributed by atoms with Gasteiger partial charge >= 0.3 is 5.97 Å². The summed E-state index contributed by atoms with van der Waals surface area (Å²) in [7, 11) is 1.37. The van der Waals surface area contributed by atoms with E-state index in [1.165, 1.54) is 7.11 Å². The molecule has 0 aromatic heterocycles. The number of aliphatic hydroxyl groups is 1. The fourth-order valence-corrected chi connectivity index (χ4v) is 2.48. The predicted octanol–water partition coefficient (Wildman–Crippen LogP) is 0.0910. The van der Waals surface area contributed by atoms with Gasteiger partial charge in [-0.3, -0.25) is 0 Å². The van der Waals surface area contributed by atoms with Crippen LogP contribution >= 0.6 is 0 Å². The minimum Gasteiger partial charge on any atom is -0.467 e. The second kappa shape index (κ2) is 2.69. The van der Waals surface area contributed by atoms with Crippen LogP contribution in [0.2, 0.25) is 0 Å². The highest BCUT2D eigenvalue weighted by molar-refractivity contribution is 5.81. The summed E-state index contributed by atoms with van der Waals surface area (Å²) in [6, 6.07) is 0. The van der Waals surface area contributed by atoms with E-state index in [9.17, 15) is 4.79 Å². The van der Waals surface area contributed by atoms with E-state index in [-0.39, 0.29) is 18.0 Å². The van der Waals surface area contributed by atoms with Gasteiger partial charge in [0.05, 0.1) is 7.11 Å². The molecular formula is C9H14O4. The average Bonchev–Trinajstić information content (AvgIpc) is 2.15. The number of aliphatic hydroxyl groups excluding tert-OH is 1. The Morgan fingerprint density at radius 1 is 1.62 bits per heavy atom. The number of hydrogen-bond donors (Lipinski definition) is 1. The molecule has 74 valence electrons. The van der Waals surface area contributed by atoms with Gasteiger partial charge in [0, 0.05) is 18.6 Å². The molecular weight excluding hydrogens is 172 g/mol. The summed E-state index contributed by atoms with van der Waals surface area (Å²) in [5.41, 5.74) is -0.790. The lowest BCUT2D eigenvalue weighted by molar-refractivity contribution is -0.244. The number of carbonyl (C=O) groups excluding carboxylic acids is 1. The average molecular weight is 186 g/mol. The number of ether oxygens (including phenoxy) is 2. The lowest BCUT2D eigenvalue weighted by Gasteiger charge is -2.57. The van der Waals surface area contributed by atoms with Crippen molar-refractivity contribution in [2.24, 2.45) is 5.41 Å². The van der Waals surface area contributed by atoms with Crippen LogP contribution in [0.4, 0.5) is 0 Å². The van der Waals surface area contributed by atoms with Gasteiger partial charge in [-0.25, -0.2) is 4.79 Å². The summed E-state index contributed by atoms with van der Waals surface area (Å²) in [4.78, 5) is 11.4. The van der Waals surface area contributed by atoms with Gasteiger partial charge < -0.3 is 14.6 Å². The molecule has 1 saturated carbocycles. The Labute approximate surface area is 76.8 Å². The van der Waals surface area contributed by atoms with Crippen LogP contribution in [-0.2, 0) is 14.3 Å². The zero-order chi connectivity index (χ0) is 9.53. The Kier molecular flexibility index (Phi) is 1.85. The van der Waals surface area contributed by atoms with E-state index in [1.807, 2.05) is 0 Å². The zero-order valence-electron chi connectivity index (χ0n) is 7.71. The Balaban J connectivity index is 2.10. The molecule has 0 atom stereocenters. The monoisotopic (exact) mass is 186 g/mol. The quantitative estimate of drug-likeness (QED) is 0.621. The first kappa shape index (κ1) is 8.97. The zero-order valence-corrected chi connectivity index (χ0v) is 7.71. The van der Waals surface area contributed by atoms with Crippen molar-refractivity contribution in [3.05, 3.63) is 0 Å². The molecule has 0 unspecified atom stereocenters. The highest BCUT2D eigenvalue weighted by atomic mass is 16.6. The first-order valence-electron chi connectivity index (χ1n) is 4.50. The van der Waals surface area contributed by atoms with E-state index in [0.29, 0.717) is 19.4 Å². The highest BCUT2D eigenvalue weighted by Gasteiger charge is 2.63. The Bertz CT molecular complexity index is 230. The first-order chi connectivity index (χ1) is 6.16. The lowest BCUT2D eigenvalue weighted by atomic mass is 9.56. The van der Waals surface area contributed by atoms with Gasteiger partial charge in [0.15, 0.2) is 5.60 Å².